The number of hydrogen-bond acceptors (Lipinski definition) is 4. The number of amides is 1. The van der Waals surface area contributed by atoms with Crippen LogP contribution in [0, 0.1) is 5.92 Å². The molecule has 3 rings (SSSR count). The number of nitrogens with one attached hydrogen (secondary N) is 1. The van der Waals surface area contributed by atoms with Gasteiger partial charge in [0.15, 0.2) is 0 Å². The second-order valence-electron chi connectivity index (χ2n) is 8.34. The summed E-state index contributed by atoms with van der Waals surface area (Å²) in [7, 11) is -1.27. The predicted octanol–water partition coefficient (Wildman–Crippen LogP) is 4.86. The Bertz CT molecular complexity index is 1060. The number of carboxylic acid groups (broad SMARTS) is 1. The SMILES string of the molecule is C=CCC(O)([PH+]=O)C(CCC(=O)NC(c1ccccc1)(c1ccccc1)c1ccccc1)C(=O)O. The molecule has 7 heteroatoms. The first-order valence-electron chi connectivity index (χ1n) is 11.3. The summed E-state index contributed by atoms with van der Waals surface area (Å²) in [5.41, 5.74) is 1.48. The Kier molecular flexibility index (Phi) is 8.69. The molecule has 6 nitrogen and oxygen atoms in total. The smallest absolute Gasteiger partial charge is 0.360 e. The minimum absolute atomic E-state index is 0.157. The van der Waals surface area contributed by atoms with Crippen molar-refractivity contribution in [2.45, 2.75) is 30.1 Å². The summed E-state index contributed by atoms with van der Waals surface area (Å²) >= 11 is 0. The average Bonchev–Trinajstić information content (AvgIpc) is 2.89. The fraction of sp³-hybridized carbons (Fsp3) is 0.214. The third-order valence-electron chi connectivity index (χ3n) is 6.11. The first-order chi connectivity index (χ1) is 16.9. The van der Waals surface area contributed by atoms with Crippen LogP contribution in [0.5, 0.6) is 0 Å². The van der Waals surface area contributed by atoms with E-state index in [0.717, 1.165) is 16.7 Å². The maximum Gasteiger partial charge on any atom is 0.360 e. The minimum Gasteiger partial charge on any atom is -0.481 e. The van der Waals surface area contributed by atoms with Crippen molar-refractivity contribution in [3.63, 3.8) is 0 Å². The third-order valence-corrected chi connectivity index (χ3v) is 7.02. The van der Waals surface area contributed by atoms with Crippen molar-refractivity contribution in [2.75, 3.05) is 0 Å². The third kappa shape index (κ3) is 5.73. The van der Waals surface area contributed by atoms with E-state index in [2.05, 4.69) is 11.9 Å². The summed E-state index contributed by atoms with van der Waals surface area (Å²) in [6.07, 6.45) is 0.798. The van der Waals surface area contributed by atoms with Crippen molar-refractivity contribution >= 4 is 20.3 Å². The van der Waals surface area contributed by atoms with Gasteiger partial charge in [0, 0.05) is 12.8 Å². The standard InChI is InChI=1S/C28H28NO5P/c1-2-20-27(33,35-34)24(26(31)32)18-19-25(30)29-28(21-12-6-3-7-13-21,22-14-8-4-9-15-22)23-16-10-5-11-17-23/h2-17,24,33H,1,18-20H2,(H,29,30)(H,31,32)/p+1. The molecule has 0 saturated carbocycles. The predicted molar refractivity (Wildman–Crippen MR) is 136 cm³/mol. The largest absolute Gasteiger partial charge is 0.481 e. The van der Waals surface area contributed by atoms with E-state index in [4.69, 9.17) is 0 Å². The zero-order valence-electron chi connectivity index (χ0n) is 19.3. The highest BCUT2D eigenvalue weighted by molar-refractivity contribution is 7.25. The quantitative estimate of drug-likeness (QED) is 0.191. The van der Waals surface area contributed by atoms with Gasteiger partial charge in [0.2, 0.25) is 5.91 Å². The second kappa shape index (κ2) is 11.7. The van der Waals surface area contributed by atoms with Crippen LogP contribution in [0.15, 0.2) is 104 Å². The van der Waals surface area contributed by atoms with E-state index in [-0.39, 0.29) is 19.3 Å². The molecule has 3 atom stereocenters. The molecule has 1 amide bonds. The van der Waals surface area contributed by atoms with E-state index >= 15 is 0 Å². The van der Waals surface area contributed by atoms with Gasteiger partial charge in [0.1, 0.15) is 11.5 Å². The van der Waals surface area contributed by atoms with Crippen LogP contribution in [0.3, 0.4) is 0 Å². The Morgan fingerprint density at radius 2 is 1.31 bits per heavy atom. The molecule has 3 aromatic rings. The molecule has 0 saturated heterocycles. The molecule has 0 radical (unpaired) electrons. The van der Waals surface area contributed by atoms with E-state index in [1.54, 1.807) is 0 Å². The van der Waals surface area contributed by atoms with Crippen LogP contribution < -0.4 is 5.32 Å². The number of carboxylic acids is 1. The molecule has 0 aliphatic rings. The lowest BCUT2D eigenvalue weighted by atomic mass is 9.76. The topological polar surface area (TPSA) is 104 Å². The fourth-order valence-corrected chi connectivity index (χ4v) is 5.01. The number of carbonyl (C=O) groups is 2. The highest BCUT2D eigenvalue weighted by Gasteiger charge is 2.48. The number of aliphatic carboxylic acids is 1. The van der Waals surface area contributed by atoms with Crippen LogP contribution >= 0.6 is 8.46 Å². The molecule has 0 spiro atoms. The first kappa shape index (κ1) is 26.0. The van der Waals surface area contributed by atoms with E-state index in [9.17, 15) is 24.4 Å². The lowest BCUT2D eigenvalue weighted by molar-refractivity contribution is -0.147. The lowest BCUT2D eigenvalue weighted by Crippen LogP contribution is -2.48. The summed E-state index contributed by atoms with van der Waals surface area (Å²) in [5, 5.41) is 21.5. The van der Waals surface area contributed by atoms with Crippen LogP contribution in [-0.2, 0) is 19.7 Å². The first-order valence-corrected chi connectivity index (χ1v) is 12.2. The molecule has 180 valence electrons. The zero-order chi connectivity index (χ0) is 25.3. The molecule has 0 fully saturated rings. The van der Waals surface area contributed by atoms with E-state index < -0.39 is 37.1 Å². The van der Waals surface area contributed by atoms with Gasteiger partial charge in [0.25, 0.3) is 5.34 Å². The number of aliphatic hydroxyl groups is 1. The van der Waals surface area contributed by atoms with Crippen LogP contribution in [0.1, 0.15) is 36.0 Å². The number of rotatable bonds is 12. The van der Waals surface area contributed by atoms with Gasteiger partial charge in [-0.25, -0.2) is 0 Å². The monoisotopic (exact) mass is 490 g/mol. The maximum absolute atomic E-state index is 13.4. The van der Waals surface area contributed by atoms with Gasteiger partial charge in [-0.3, -0.25) is 9.59 Å². The summed E-state index contributed by atoms with van der Waals surface area (Å²) in [6.45, 7) is 3.51. The Morgan fingerprint density at radius 3 is 1.66 bits per heavy atom. The molecular weight excluding hydrogens is 461 g/mol. The van der Waals surface area contributed by atoms with Gasteiger partial charge in [-0.1, -0.05) is 102 Å². The molecule has 0 aromatic heterocycles. The van der Waals surface area contributed by atoms with Gasteiger partial charge in [0.05, 0.1) is 0 Å². The van der Waals surface area contributed by atoms with Crippen LogP contribution in [0.25, 0.3) is 0 Å². The summed E-state index contributed by atoms with van der Waals surface area (Å²) in [6, 6.07) is 28.7. The normalized spacial score (nSPS) is 14.0. The second-order valence-corrected chi connectivity index (χ2v) is 9.41. The van der Waals surface area contributed by atoms with Crippen molar-refractivity contribution < 1.29 is 24.4 Å². The van der Waals surface area contributed by atoms with Gasteiger partial charge in [-0.05, 0) is 23.1 Å². The van der Waals surface area contributed by atoms with Crippen molar-refractivity contribution in [3.05, 3.63) is 120 Å². The van der Waals surface area contributed by atoms with Crippen LogP contribution in [-0.4, -0.2) is 27.4 Å². The Hall–Kier alpha value is -3.60. The van der Waals surface area contributed by atoms with Crippen LogP contribution in [0.2, 0.25) is 0 Å². The Morgan fingerprint density at radius 1 is 0.886 bits per heavy atom. The molecule has 3 unspecified atom stereocenters. The van der Waals surface area contributed by atoms with E-state index in [0.29, 0.717) is 0 Å². The van der Waals surface area contributed by atoms with Crippen molar-refractivity contribution in [2.24, 2.45) is 5.92 Å². The Balaban J connectivity index is 2.01. The van der Waals surface area contributed by atoms with E-state index in [1.807, 2.05) is 91.0 Å². The van der Waals surface area contributed by atoms with Crippen molar-refractivity contribution in [1.82, 2.24) is 5.32 Å². The van der Waals surface area contributed by atoms with Gasteiger partial charge < -0.3 is 15.5 Å². The van der Waals surface area contributed by atoms with Gasteiger partial charge in [-0.15, -0.1) is 6.58 Å². The molecular formula is C28H29NO5P+. The summed E-state index contributed by atoms with van der Waals surface area (Å²) in [5.74, 6) is -3.10. The highest BCUT2D eigenvalue weighted by Crippen LogP contribution is 2.38. The molecule has 0 aliphatic heterocycles. The maximum atomic E-state index is 13.4. The molecule has 3 N–H and O–H groups in total. The summed E-state index contributed by atoms with van der Waals surface area (Å²) < 4.78 is 11.7. The molecule has 0 aliphatic carbocycles. The Labute approximate surface area is 206 Å². The number of hydrogen-bond donors (Lipinski definition) is 3. The van der Waals surface area contributed by atoms with Crippen molar-refractivity contribution in [3.8, 4) is 0 Å². The minimum atomic E-state index is -1.98. The van der Waals surface area contributed by atoms with E-state index in [1.165, 1.54) is 6.08 Å². The van der Waals surface area contributed by atoms with Crippen molar-refractivity contribution in [1.29, 1.82) is 0 Å². The molecule has 35 heavy (non-hydrogen) atoms. The highest BCUT2D eigenvalue weighted by atomic mass is 31.1. The van der Waals surface area contributed by atoms with Gasteiger partial charge >= 0.3 is 14.4 Å². The zero-order valence-corrected chi connectivity index (χ0v) is 20.3. The fourth-order valence-electron chi connectivity index (χ4n) is 4.37. The van der Waals surface area contributed by atoms with Gasteiger partial charge in [-0.2, -0.15) is 0 Å². The number of benzene rings is 3. The molecule has 3 aromatic carbocycles. The van der Waals surface area contributed by atoms with Crippen LogP contribution in [0.4, 0.5) is 0 Å². The molecule has 0 bridgehead atoms. The summed E-state index contributed by atoms with van der Waals surface area (Å²) in [4.78, 5) is 25.3. The lowest BCUT2D eigenvalue weighted by Gasteiger charge is -2.37. The molecule has 0 heterocycles. The average molecular weight is 491 g/mol. The number of carbonyl (C=O) groups excluding carboxylic acids is 1.